The van der Waals surface area contributed by atoms with Crippen LogP contribution in [0.4, 0.5) is 0 Å². The first-order chi connectivity index (χ1) is 6.13. The highest BCUT2D eigenvalue weighted by Crippen LogP contribution is 2.41. The lowest BCUT2D eigenvalue weighted by atomic mass is 9.94. The van der Waals surface area contributed by atoms with Crippen LogP contribution in [-0.4, -0.2) is 16.4 Å². The van der Waals surface area contributed by atoms with E-state index in [1.165, 1.54) is 11.1 Å². The number of rotatable bonds is 2. The third-order valence-electron chi connectivity index (χ3n) is 2.61. The Balaban J connectivity index is 2.79. The molecular formula is C11H15ClS. The van der Waals surface area contributed by atoms with Crippen LogP contribution < -0.4 is 0 Å². The Morgan fingerprint density at radius 1 is 1.54 bits per heavy atom. The minimum absolute atomic E-state index is 0.0225. The van der Waals surface area contributed by atoms with E-state index in [9.17, 15) is 0 Å². The van der Waals surface area contributed by atoms with Gasteiger partial charge in [0.05, 0.1) is 4.75 Å². The lowest BCUT2D eigenvalue weighted by molar-refractivity contribution is 0.687. The summed E-state index contributed by atoms with van der Waals surface area (Å²) in [5, 5.41) is 0. The molecule has 72 valence electrons. The van der Waals surface area contributed by atoms with Crippen LogP contribution in [0, 0.1) is 12.3 Å². The second kappa shape index (κ2) is 4.44. The summed E-state index contributed by atoms with van der Waals surface area (Å²) in [6.07, 6.45) is 7.50. The average molecular weight is 215 g/mol. The minimum atomic E-state index is -0.0225. The fourth-order valence-electron chi connectivity index (χ4n) is 1.48. The first-order valence-electron chi connectivity index (χ1n) is 4.46. The van der Waals surface area contributed by atoms with Gasteiger partial charge < -0.3 is 0 Å². The molecule has 0 amide bonds. The number of halogens is 1. The highest BCUT2D eigenvalue weighted by Gasteiger charge is 2.31. The molecule has 1 aliphatic heterocycles. The van der Waals surface area contributed by atoms with Crippen molar-refractivity contribution in [2.75, 3.05) is 11.6 Å². The predicted octanol–water partition coefficient (Wildman–Crippen LogP) is 3.46. The van der Waals surface area contributed by atoms with E-state index in [-0.39, 0.29) is 4.75 Å². The van der Waals surface area contributed by atoms with E-state index in [1.807, 2.05) is 11.8 Å². The zero-order valence-corrected chi connectivity index (χ0v) is 9.76. The Kier molecular flexibility index (Phi) is 3.76. The number of hydrogen-bond acceptors (Lipinski definition) is 1. The molecule has 0 saturated heterocycles. The quantitative estimate of drug-likeness (QED) is 0.386. The van der Waals surface area contributed by atoms with Gasteiger partial charge in [-0.05, 0) is 26.7 Å². The van der Waals surface area contributed by atoms with Crippen molar-refractivity contribution in [3.8, 4) is 12.3 Å². The largest absolute Gasteiger partial charge is 0.137 e. The van der Waals surface area contributed by atoms with Gasteiger partial charge in [-0.1, -0.05) is 17.1 Å². The van der Waals surface area contributed by atoms with Crippen LogP contribution >= 0.6 is 23.4 Å². The van der Waals surface area contributed by atoms with E-state index in [1.54, 1.807) is 0 Å². The summed E-state index contributed by atoms with van der Waals surface area (Å²) in [5.41, 5.74) is 2.92. The van der Waals surface area contributed by atoms with E-state index in [0.29, 0.717) is 5.88 Å². The Morgan fingerprint density at radius 3 is 2.69 bits per heavy atom. The van der Waals surface area contributed by atoms with Crippen molar-refractivity contribution in [3.05, 3.63) is 11.1 Å². The summed E-state index contributed by atoms with van der Waals surface area (Å²) in [7, 11) is 0. The van der Waals surface area contributed by atoms with Gasteiger partial charge in [-0.25, -0.2) is 0 Å². The number of terminal acetylenes is 1. The molecule has 0 nitrogen and oxygen atoms in total. The van der Waals surface area contributed by atoms with E-state index in [4.69, 9.17) is 18.0 Å². The van der Waals surface area contributed by atoms with Crippen molar-refractivity contribution in [2.45, 2.75) is 31.4 Å². The van der Waals surface area contributed by atoms with E-state index < -0.39 is 0 Å². The minimum Gasteiger partial charge on any atom is -0.137 e. The first-order valence-corrected chi connectivity index (χ1v) is 5.98. The molecule has 1 rings (SSSR count). The monoisotopic (exact) mass is 214 g/mol. The van der Waals surface area contributed by atoms with Crippen molar-refractivity contribution in [1.29, 1.82) is 0 Å². The van der Waals surface area contributed by atoms with Crippen molar-refractivity contribution >= 4 is 23.4 Å². The molecule has 0 aliphatic carbocycles. The van der Waals surface area contributed by atoms with Crippen molar-refractivity contribution < 1.29 is 0 Å². The van der Waals surface area contributed by atoms with Crippen LogP contribution in [0.3, 0.4) is 0 Å². The molecular weight excluding hydrogens is 200 g/mol. The number of alkyl halides is 1. The fraction of sp³-hybridized carbons (Fsp3) is 0.636. The molecule has 13 heavy (non-hydrogen) atoms. The molecule has 0 bridgehead atoms. The van der Waals surface area contributed by atoms with Crippen LogP contribution in [0.1, 0.15) is 26.7 Å². The third kappa shape index (κ3) is 2.45. The van der Waals surface area contributed by atoms with Gasteiger partial charge in [-0.2, -0.15) is 0 Å². The second-order valence-electron chi connectivity index (χ2n) is 3.60. The van der Waals surface area contributed by atoms with Crippen LogP contribution in [0.15, 0.2) is 11.1 Å². The summed E-state index contributed by atoms with van der Waals surface area (Å²) in [4.78, 5) is 0. The lowest BCUT2D eigenvalue weighted by Gasteiger charge is -2.32. The van der Waals surface area contributed by atoms with Crippen molar-refractivity contribution in [2.24, 2.45) is 0 Å². The molecule has 0 spiro atoms. The van der Waals surface area contributed by atoms with Crippen molar-refractivity contribution in [3.63, 3.8) is 0 Å². The van der Waals surface area contributed by atoms with Gasteiger partial charge in [0.2, 0.25) is 0 Å². The summed E-state index contributed by atoms with van der Waals surface area (Å²) in [5.74, 6) is 4.63. The lowest BCUT2D eigenvalue weighted by Crippen LogP contribution is -2.27. The van der Waals surface area contributed by atoms with E-state index in [2.05, 4.69) is 19.8 Å². The summed E-state index contributed by atoms with van der Waals surface area (Å²) < 4.78 is -0.0225. The molecule has 0 radical (unpaired) electrons. The van der Waals surface area contributed by atoms with Gasteiger partial charge in [-0.15, -0.1) is 29.8 Å². The summed E-state index contributed by atoms with van der Waals surface area (Å²) >= 11 is 7.63. The second-order valence-corrected chi connectivity index (χ2v) is 5.34. The number of allylic oxidation sites excluding steroid dienone is 1. The Hall–Kier alpha value is -0.0600. The average Bonchev–Trinajstić information content (AvgIpc) is 2.12. The molecule has 1 aliphatic rings. The zero-order valence-electron chi connectivity index (χ0n) is 8.19. The molecule has 0 saturated carbocycles. The Labute approximate surface area is 90.1 Å². The van der Waals surface area contributed by atoms with Gasteiger partial charge in [0, 0.05) is 11.6 Å². The van der Waals surface area contributed by atoms with Crippen LogP contribution in [0.5, 0.6) is 0 Å². The Morgan fingerprint density at radius 2 is 2.23 bits per heavy atom. The third-order valence-corrected chi connectivity index (χ3v) is 4.39. The van der Waals surface area contributed by atoms with Crippen LogP contribution in [0.2, 0.25) is 0 Å². The van der Waals surface area contributed by atoms with Crippen LogP contribution in [0.25, 0.3) is 0 Å². The van der Waals surface area contributed by atoms with Crippen LogP contribution in [-0.2, 0) is 0 Å². The number of thioether (sulfide) groups is 1. The zero-order chi connectivity index (χ0) is 9.90. The smallest absolute Gasteiger partial charge is 0.0813 e. The highest BCUT2D eigenvalue weighted by atomic mass is 35.5. The van der Waals surface area contributed by atoms with Gasteiger partial charge in [0.15, 0.2) is 0 Å². The molecule has 0 aromatic rings. The molecule has 0 fully saturated rings. The molecule has 0 aromatic carbocycles. The molecule has 2 heteroatoms. The normalized spacial score (nSPS) is 28.8. The van der Waals surface area contributed by atoms with Gasteiger partial charge >= 0.3 is 0 Å². The standard InChI is InChI=1S/C11H15ClS/c1-4-11(5-6-12)7-9(2)10(3)8-13-11/h1H,5-8H2,2-3H3. The first kappa shape index (κ1) is 11.0. The SMILES string of the molecule is C#CC1(CCCl)CC(C)=C(C)CS1. The van der Waals surface area contributed by atoms with Gasteiger partial charge in [0.1, 0.15) is 0 Å². The summed E-state index contributed by atoms with van der Waals surface area (Å²) in [6, 6.07) is 0. The topological polar surface area (TPSA) is 0 Å². The van der Waals surface area contributed by atoms with E-state index in [0.717, 1.165) is 18.6 Å². The molecule has 1 unspecified atom stereocenters. The van der Waals surface area contributed by atoms with E-state index >= 15 is 0 Å². The maximum Gasteiger partial charge on any atom is 0.0813 e. The van der Waals surface area contributed by atoms with Gasteiger partial charge in [0.25, 0.3) is 0 Å². The van der Waals surface area contributed by atoms with Gasteiger partial charge in [-0.3, -0.25) is 0 Å². The predicted molar refractivity (Wildman–Crippen MR) is 62.4 cm³/mol. The fourth-order valence-corrected chi connectivity index (χ4v) is 3.30. The summed E-state index contributed by atoms with van der Waals surface area (Å²) in [6.45, 7) is 4.36. The maximum atomic E-state index is 5.76. The molecule has 0 N–H and O–H groups in total. The molecule has 1 heterocycles. The molecule has 0 aromatic heterocycles. The molecule has 1 atom stereocenters. The highest BCUT2D eigenvalue weighted by molar-refractivity contribution is 8.01. The van der Waals surface area contributed by atoms with Crippen molar-refractivity contribution in [1.82, 2.24) is 0 Å². The Bertz CT molecular complexity index is 262. The maximum absolute atomic E-state index is 5.76. The number of hydrogen-bond donors (Lipinski definition) is 0.